The van der Waals surface area contributed by atoms with Crippen LogP contribution in [0.4, 0.5) is 11.5 Å². The molecule has 0 fully saturated rings. The SMILES string of the molecule is Cc1nc(NCCC(C)C)cc(C(=O)Nc2ccc(C)c(Br)c2)n1. The van der Waals surface area contributed by atoms with E-state index in [0.717, 1.165) is 28.7 Å². The lowest BCUT2D eigenvalue weighted by molar-refractivity contribution is 0.102. The Balaban J connectivity index is 2.10. The summed E-state index contributed by atoms with van der Waals surface area (Å²) in [5.41, 5.74) is 2.19. The van der Waals surface area contributed by atoms with Crippen molar-refractivity contribution in [1.29, 1.82) is 0 Å². The van der Waals surface area contributed by atoms with Gasteiger partial charge in [0.1, 0.15) is 17.3 Å². The number of hydrogen-bond acceptors (Lipinski definition) is 4. The van der Waals surface area contributed by atoms with Crippen LogP contribution in [0.5, 0.6) is 0 Å². The van der Waals surface area contributed by atoms with Crippen LogP contribution in [-0.4, -0.2) is 22.4 Å². The van der Waals surface area contributed by atoms with Gasteiger partial charge < -0.3 is 10.6 Å². The van der Waals surface area contributed by atoms with Crippen LogP contribution in [-0.2, 0) is 0 Å². The summed E-state index contributed by atoms with van der Waals surface area (Å²) >= 11 is 3.47. The maximum Gasteiger partial charge on any atom is 0.274 e. The van der Waals surface area contributed by atoms with Crippen molar-refractivity contribution in [3.63, 3.8) is 0 Å². The first-order valence-electron chi connectivity index (χ1n) is 8.02. The first-order chi connectivity index (χ1) is 11.3. The molecule has 24 heavy (non-hydrogen) atoms. The molecule has 1 heterocycles. The number of anilines is 2. The summed E-state index contributed by atoms with van der Waals surface area (Å²) in [6.45, 7) is 8.95. The third kappa shape index (κ3) is 5.30. The number of aryl methyl sites for hydroxylation is 2. The van der Waals surface area contributed by atoms with Gasteiger partial charge in [0.15, 0.2) is 0 Å². The second-order valence-corrected chi connectivity index (χ2v) is 7.07. The number of halogens is 1. The Hall–Kier alpha value is -1.95. The second kappa shape index (κ2) is 8.24. The number of carbonyl (C=O) groups excluding carboxylic acids is 1. The summed E-state index contributed by atoms with van der Waals surface area (Å²) in [6, 6.07) is 7.38. The van der Waals surface area contributed by atoms with Crippen LogP contribution in [0.3, 0.4) is 0 Å². The van der Waals surface area contributed by atoms with Crippen molar-refractivity contribution in [2.75, 3.05) is 17.2 Å². The highest BCUT2D eigenvalue weighted by molar-refractivity contribution is 9.10. The van der Waals surface area contributed by atoms with Crippen LogP contribution in [0.2, 0.25) is 0 Å². The van der Waals surface area contributed by atoms with Crippen LogP contribution in [0, 0.1) is 19.8 Å². The molecular weight excluding hydrogens is 368 g/mol. The lowest BCUT2D eigenvalue weighted by atomic mass is 10.1. The molecule has 0 aliphatic carbocycles. The normalized spacial score (nSPS) is 10.8. The Morgan fingerprint density at radius 1 is 1.21 bits per heavy atom. The van der Waals surface area contributed by atoms with E-state index < -0.39 is 0 Å². The Morgan fingerprint density at radius 3 is 2.62 bits per heavy atom. The minimum atomic E-state index is -0.247. The number of benzene rings is 1. The molecule has 1 aromatic carbocycles. The molecule has 0 saturated heterocycles. The summed E-state index contributed by atoms with van der Waals surface area (Å²) < 4.78 is 0.954. The molecule has 2 rings (SSSR count). The monoisotopic (exact) mass is 390 g/mol. The minimum Gasteiger partial charge on any atom is -0.370 e. The number of aromatic nitrogens is 2. The molecular formula is C18H23BrN4O. The Kier molecular flexibility index (Phi) is 6.31. The van der Waals surface area contributed by atoms with E-state index in [2.05, 4.69) is 50.4 Å². The molecule has 1 amide bonds. The molecule has 0 atom stereocenters. The van der Waals surface area contributed by atoms with Crippen LogP contribution in [0.1, 0.15) is 42.1 Å². The second-order valence-electron chi connectivity index (χ2n) is 6.21. The maximum absolute atomic E-state index is 12.5. The molecule has 0 bridgehead atoms. The van der Waals surface area contributed by atoms with Gasteiger partial charge in [-0.15, -0.1) is 0 Å². The lowest BCUT2D eigenvalue weighted by Crippen LogP contribution is -2.16. The molecule has 0 aliphatic rings. The first kappa shape index (κ1) is 18.4. The molecule has 2 N–H and O–H groups in total. The number of nitrogens with one attached hydrogen (secondary N) is 2. The predicted molar refractivity (Wildman–Crippen MR) is 102 cm³/mol. The highest BCUT2D eigenvalue weighted by Gasteiger charge is 2.11. The fraction of sp³-hybridized carbons (Fsp3) is 0.389. The van der Waals surface area contributed by atoms with Gasteiger partial charge in [-0.3, -0.25) is 4.79 Å². The summed E-state index contributed by atoms with van der Waals surface area (Å²) in [5.74, 6) is 1.62. The zero-order valence-electron chi connectivity index (χ0n) is 14.5. The highest BCUT2D eigenvalue weighted by Crippen LogP contribution is 2.21. The molecule has 5 nitrogen and oxygen atoms in total. The van der Waals surface area contributed by atoms with E-state index in [1.165, 1.54) is 0 Å². The minimum absolute atomic E-state index is 0.247. The van der Waals surface area contributed by atoms with E-state index in [-0.39, 0.29) is 5.91 Å². The first-order valence-corrected chi connectivity index (χ1v) is 8.81. The van der Waals surface area contributed by atoms with Gasteiger partial charge in [0.25, 0.3) is 5.91 Å². The summed E-state index contributed by atoms with van der Waals surface area (Å²) in [4.78, 5) is 21.0. The zero-order chi connectivity index (χ0) is 17.7. The van der Waals surface area contributed by atoms with Gasteiger partial charge in [-0.2, -0.15) is 0 Å². The van der Waals surface area contributed by atoms with E-state index in [0.29, 0.717) is 23.3 Å². The van der Waals surface area contributed by atoms with Crippen molar-refractivity contribution in [2.24, 2.45) is 5.92 Å². The average Bonchev–Trinajstić information content (AvgIpc) is 2.50. The van der Waals surface area contributed by atoms with E-state index in [1.54, 1.807) is 13.0 Å². The smallest absolute Gasteiger partial charge is 0.274 e. The van der Waals surface area contributed by atoms with Crippen LogP contribution < -0.4 is 10.6 Å². The molecule has 6 heteroatoms. The topological polar surface area (TPSA) is 66.9 Å². The van der Waals surface area contributed by atoms with Gasteiger partial charge in [0.05, 0.1) is 0 Å². The van der Waals surface area contributed by atoms with Crippen molar-refractivity contribution in [3.05, 3.63) is 45.8 Å². The standard InChI is InChI=1S/C18H23BrN4O/c1-11(2)7-8-20-17-10-16(21-13(4)22-17)18(24)23-14-6-5-12(3)15(19)9-14/h5-6,9-11H,7-8H2,1-4H3,(H,23,24)(H,20,21,22). The fourth-order valence-corrected chi connectivity index (χ4v) is 2.51. The Bertz CT molecular complexity index is 731. The average molecular weight is 391 g/mol. The van der Waals surface area contributed by atoms with E-state index in [4.69, 9.17) is 0 Å². The van der Waals surface area contributed by atoms with E-state index in [1.807, 2.05) is 25.1 Å². The highest BCUT2D eigenvalue weighted by atomic mass is 79.9. The third-order valence-corrected chi connectivity index (χ3v) is 4.38. The largest absolute Gasteiger partial charge is 0.370 e. The van der Waals surface area contributed by atoms with Crippen molar-refractivity contribution in [2.45, 2.75) is 34.1 Å². The fourth-order valence-electron chi connectivity index (χ4n) is 2.13. The summed E-state index contributed by atoms with van der Waals surface area (Å²) in [5, 5.41) is 6.12. The quantitative estimate of drug-likeness (QED) is 0.757. The molecule has 1 aromatic heterocycles. The van der Waals surface area contributed by atoms with Crippen molar-refractivity contribution in [1.82, 2.24) is 9.97 Å². The molecule has 0 spiro atoms. The van der Waals surface area contributed by atoms with Crippen LogP contribution in [0.25, 0.3) is 0 Å². The van der Waals surface area contributed by atoms with E-state index in [9.17, 15) is 4.79 Å². The number of carbonyl (C=O) groups is 1. The Labute approximate surface area is 151 Å². The van der Waals surface area contributed by atoms with Crippen LogP contribution >= 0.6 is 15.9 Å². The number of amides is 1. The molecule has 0 aliphatic heterocycles. The number of hydrogen-bond donors (Lipinski definition) is 2. The van der Waals surface area contributed by atoms with Gasteiger partial charge >= 0.3 is 0 Å². The predicted octanol–water partition coefficient (Wildman–Crippen LogP) is 4.57. The number of rotatable bonds is 6. The van der Waals surface area contributed by atoms with E-state index >= 15 is 0 Å². The molecule has 0 radical (unpaired) electrons. The summed E-state index contributed by atoms with van der Waals surface area (Å²) in [6.07, 6.45) is 1.04. The van der Waals surface area contributed by atoms with Crippen molar-refractivity contribution in [3.8, 4) is 0 Å². The molecule has 128 valence electrons. The van der Waals surface area contributed by atoms with Gasteiger partial charge in [0.2, 0.25) is 0 Å². The van der Waals surface area contributed by atoms with Crippen LogP contribution in [0.15, 0.2) is 28.7 Å². The van der Waals surface area contributed by atoms with Gasteiger partial charge in [-0.05, 0) is 43.9 Å². The van der Waals surface area contributed by atoms with Gasteiger partial charge in [-0.1, -0.05) is 35.8 Å². The lowest BCUT2D eigenvalue weighted by Gasteiger charge is -2.10. The molecule has 2 aromatic rings. The maximum atomic E-state index is 12.5. The van der Waals surface area contributed by atoms with Crippen molar-refractivity contribution >= 4 is 33.3 Å². The van der Waals surface area contributed by atoms with Gasteiger partial charge in [0, 0.05) is 22.8 Å². The molecule has 0 unspecified atom stereocenters. The number of nitrogens with zero attached hydrogens (tertiary/aromatic N) is 2. The molecule has 0 saturated carbocycles. The third-order valence-electron chi connectivity index (χ3n) is 3.53. The Morgan fingerprint density at radius 2 is 1.96 bits per heavy atom. The zero-order valence-corrected chi connectivity index (χ0v) is 16.1. The van der Waals surface area contributed by atoms with Gasteiger partial charge in [-0.25, -0.2) is 9.97 Å². The van der Waals surface area contributed by atoms with Crippen molar-refractivity contribution < 1.29 is 4.79 Å². The summed E-state index contributed by atoms with van der Waals surface area (Å²) in [7, 11) is 0.